The highest BCUT2D eigenvalue weighted by molar-refractivity contribution is 9.13. The van der Waals surface area contributed by atoms with Crippen molar-refractivity contribution in [2.75, 3.05) is 14.2 Å². The molecule has 1 atom stereocenters. The summed E-state index contributed by atoms with van der Waals surface area (Å²) < 4.78 is 23.8. The SMILES string of the molecule is COP(=O)(OC)OC(Br)C(Cl)(Cl)Br.c1ccc(Sc2ccccc2)cc1. The van der Waals surface area contributed by atoms with E-state index >= 15 is 0 Å². The first-order valence-corrected chi connectivity index (χ1v) is 11.8. The fourth-order valence-electron chi connectivity index (χ4n) is 1.45. The number of benzene rings is 2. The first-order valence-electron chi connectivity index (χ1n) is 7.09. The van der Waals surface area contributed by atoms with Gasteiger partial charge in [0.15, 0.2) is 5.01 Å². The van der Waals surface area contributed by atoms with E-state index in [1.54, 1.807) is 11.8 Å². The third kappa shape index (κ3) is 9.58. The van der Waals surface area contributed by atoms with Gasteiger partial charge in [-0.25, -0.2) is 4.57 Å². The number of alkyl halides is 4. The van der Waals surface area contributed by atoms with Crippen molar-refractivity contribution in [2.24, 2.45) is 0 Å². The minimum absolute atomic E-state index is 0.936. The number of hydrogen-bond donors (Lipinski definition) is 0. The third-order valence-corrected chi connectivity index (χ3v) is 8.14. The first kappa shape index (κ1) is 24.5. The molecule has 10 heteroatoms. The van der Waals surface area contributed by atoms with Gasteiger partial charge in [0.2, 0.25) is 3.24 Å². The molecule has 0 radical (unpaired) electrons. The van der Waals surface area contributed by atoms with Crippen LogP contribution in [0.5, 0.6) is 0 Å². The van der Waals surface area contributed by atoms with Crippen LogP contribution in [0.4, 0.5) is 0 Å². The van der Waals surface area contributed by atoms with Gasteiger partial charge >= 0.3 is 7.82 Å². The Balaban J connectivity index is 0.000000260. The second kappa shape index (κ2) is 12.1. The van der Waals surface area contributed by atoms with E-state index in [-0.39, 0.29) is 0 Å². The molecule has 0 heterocycles. The molecule has 0 aliphatic rings. The van der Waals surface area contributed by atoms with Crippen LogP contribution in [0.3, 0.4) is 0 Å². The zero-order chi connectivity index (χ0) is 19.6. The molecule has 0 amide bonds. The molecular formula is C16H17Br2Cl2O4PS. The zero-order valence-corrected chi connectivity index (χ0v) is 20.2. The van der Waals surface area contributed by atoms with Crippen molar-refractivity contribution in [2.45, 2.75) is 18.0 Å². The van der Waals surface area contributed by atoms with Gasteiger partial charge in [0.1, 0.15) is 0 Å². The van der Waals surface area contributed by atoms with Gasteiger partial charge in [-0.1, -0.05) is 87.3 Å². The lowest BCUT2D eigenvalue weighted by molar-refractivity contribution is 0.146. The molecule has 4 nitrogen and oxygen atoms in total. The molecule has 144 valence electrons. The Labute approximate surface area is 184 Å². The normalized spacial score (nSPS) is 12.8. The van der Waals surface area contributed by atoms with Gasteiger partial charge in [-0.2, -0.15) is 0 Å². The molecule has 0 N–H and O–H groups in total. The van der Waals surface area contributed by atoms with E-state index in [0.717, 1.165) is 0 Å². The monoisotopic (exact) mass is 564 g/mol. The van der Waals surface area contributed by atoms with Gasteiger partial charge in [0.05, 0.1) is 0 Å². The average molecular weight is 567 g/mol. The summed E-state index contributed by atoms with van der Waals surface area (Å²) in [6.45, 7) is 0. The Bertz CT molecular complexity index is 644. The molecule has 1 unspecified atom stereocenters. The molecule has 0 aromatic heterocycles. The Morgan fingerprint density at radius 1 is 0.962 bits per heavy atom. The van der Waals surface area contributed by atoms with E-state index < -0.39 is 16.1 Å². The number of halogens is 4. The van der Waals surface area contributed by atoms with Gasteiger partial charge < -0.3 is 0 Å². The highest BCUT2D eigenvalue weighted by Gasteiger charge is 2.38. The number of phosphoric acid groups is 1. The van der Waals surface area contributed by atoms with Crippen molar-refractivity contribution in [3.8, 4) is 0 Å². The Kier molecular flexibility index (Phi) is 11.4. The lowest BCUT2D eigenvalue weighted by Crippen LogP contribution is -2.21. The minimum atomic E-state index is -3.58. The van der Waals surface area contributed by atoms with Crippen LogP contribution < -0.4 is 0 Å². The fraction of sp³-hybridized carbons (Fsp3) is 0.250. The highest BCUT2D eigenvalue weighted by atomic mass is 79.9. The largest absolute Gasteiger partial charge is 0.475 e. The van der Waals surface area contributed by atoms with Crippen molar-refractivity contribution in [3.05, 3.63) is 60.7 Å². The molecule has 0 saturated heterocycles. The van der Waals surface area contributed by atoms with Crippen molar-refractivity contribution in [3.63, 3.8) is 0 Å². The summed E-state index contributed by atoms with van der Waals surface area (Å²) in [5, 5.41) is -0.936. The number of rotatable bonds is 7. The standard InChI is InChI=1S/C12H10S.C4H7Br2Cl2O4P/c1-3-7-11(8-4-1)13-12-9-5-2-6-10-12;1-10-13(9,11-2)12-3(5)4(6,7)8/h1-10H;3H,1-2H3. The molecule has 0 saturated carbocycles. The second-order valence-corrected chi connectivity index (χ2v) is 11.9. The summed E-state index contributed by atoms with van der Waals surface area (Å²) in [6.07, 6.45) is 0. The van der Waals surface area contributed by atoms with Gasteiger partial charge in [0, 0.05) is 24.0 Å². The van der Waals surface area contributed by atoms with Crippen LogP contribution in [0.25, 0.3) is 0 Å². The van der Waals surface area contributed by atoms with Crippen LogP contribution in [0.15, 0.2) is 70.5 Å². The molecule has 2 rings (SSSR count). The van der Waals surface area contributed by atoms with E-state index in [9.17, 15) is 4.57 Å². The van der Waals surface area contributed by atoms with Crippen LogP contribution in [0.1, 0.15) is 0 Å². The Morgan fingerprint density at radius 3 is 1.65 bits per heavy atom. The molecule has 0 aliphatic carbocycles. The third-order valence-electron chi connectivity index (χ3n) is 2.65. The van der Waals surface area contributed by atoms with E-state index in [4.69, 9.17) is 27.7 Å². The quantitative estimate of drug-likeness (QED) is 0.257. The van der Waals surface area contributed by atoms with Crippen LogP contribution in [0.2, 0.25) is 0 Å². The second-order valence-electron chi connectivity index (χ2n) is 4.50. The summed E-state index contributed by atoms with van der Waals surface area (Å²) in [7, 11) is -1.21. The van der Waals surface area contributed by atoms with Gasteiger partial charge in [0.25, 0.3) is 0 Å². The molecule has 0 spiro atoms. The van der Waals surface area contributed by atoms with Gasteiger partial charge in [-0.3, -0.25) is 13.6 Å². The maximum Gasteiger partial charge on any atom is 0.475 e. The maximum absolute atomic E-state index is 11.4. The molecule has 2 aromatic carbocycles. The van der Waals surface area contributed by atoms with E-state index in [1.807, 2.05) is 12.1 Å². The predicted octanol–water partition coefficient (Wildman–Crippen LogP) is 7.49. The van der Waals surface area contributed by atoms with Crippen LogP contribution >= 0.6 is 74.6 Å². The highest BCUT2D eigenvalue weighted by Crippen LogP contribution is 2.53. The number of phosphoric ester groups is 1. The Hall–Kier alpha value is 0.440. The minimum Gasteiger partial charge on any atom is -0.290 e. The molecule has 0 fully saturated rings. The summed E-state index contributed by atoms with van der Waals surface area (Å²) >= 11 is 18.8. The summed E-state index contributed by atoms with van der Waals surface area (Å²) in [5.41, 5.74) is 0. The van der Waals surface area contributed by atoms with Gasteiger partial charge in [-0.15, -0.1) is 0 Å². The predicted molar refractivity (Wildman–Crippen MR) is 116 cm³/mol. The van der Waals surface area contributed by atoms with E-state index in [1.165, 1.54) is 24.0 Å². The van der Waals surface area contributed by atoms with Crippen LogP contribution in [-0.4, -0.2) is 22.5 Å². The fourth-order valence-corrected chi connectivity index (χ4v) is 4.08. The van der Waals surface area contributed by atoms with Crippen LogP contribution in [0, 0.1) is 0 Å². The summed E-state index contributed by atoms with van der Waals surface area (Å²) in [6, 6.07) is 20.8. The maximum atomic E-state index is 11.4. The number of hydrogen-bond acceptors (Lipinski definition) is 5. The topological polar surface area (TPSA) is 44.8 Å². The lowest BCUT2D eigenvalue weighted by Gasteiger charge is -2.22. The smallest absolute Gasteiger partial charge is 0.290 e. The van der Waals surface area contributed by atoms with Gasteiger partial charge in [-0.05, 0) is 40.2 Å². The Morgan fingerprint density at radius 2 is 1.35 bits per heavy atom. The zero-order valence-electron chi connectivity index (χ0n) is 13.9. The molecule has 26 heavy (non-hydrogen) atoms. The van der Waals surface area contributed by atoms with Crippen molar-refractivity contribution in [1.29, 1.82) is 0 Å². The molecule has 2 aromatic rings. The lowest BCUT2D eigenvalue weighted by atomic mass is 10.4. The molecular weight excluding hydrogens is 550 g/mol. The summed E-state index contributed by atoms with van der Waals surface area (Å²) in [4.78, 5) is 2.57. The average Bonchev–Trinajstić information content (AvgIpc) is 2.63. The van der Waals surface area contributed by atoms with Crippen molar-refractivity contribution in [1.82, 2.24) is 0 Å². The van der Waals surface area contributed by atoms with Crippen LogP contribution in [-0.2, 0) is 18.1 Å². The van der Waals surface area contributed by atoms with E-state index in [0.29, 0.717) is 0 Å². The first-order chi connectivity index (χ1) is 12.2. The van der Waals surface area contributed by atoms with Crippen molar-refractivity contribution < 1.29 is 18.1 Å². The summed E-state index contributed by atoms with van der Waals surface area (Å²) in [5.74, 6) is 0. The molecule has 0 aliphatic heterocycles. The van der Waals surface area contributed by atoms with E-state index in [2.05, 4.69) is 89.4 Å². The van der Waals surface area contributed by atoms with Crippen molar-refractivity contribution >= 4 is 74.6 Å². The molecule has 0 bridgehead atoms.